The van der Waals surface area contributed by atoms with E-state index < -0.39 is 5.97 Å². The number of carbonyl (C=O) groups is 2. The average molecular weight is 207 g/mol. The quantitative estimate of drug-likeness (QED) is 0.670. The monoisotopic (exact) mass is 207 g/mol. The highest BCUT2D eigenvalue weighted by Crippen LogP contribution is 2.41. The Kier molecular flexibility index (Phi) is 2.39. The largest absolute Gasteiger partial charge is 0.481 e. The van der Waals surface area contributed by atoms with Crippen molar-refractivity contribution < 1.29 is 14.7 Å². The number of aliphatic carboxylic acids is 1. The predicted octanol–water partition coefficient (Wildman–Crippen LogP) is 0.474. The number of nitrogens with zero attached hydrogens (tertiary/aromatic N) is 1. The van der Waals surface area contributed by atoms with Crippen molar-refractivity contribution in [3.05, 3.63) is 0 Å². The zero-order chi connectivity index (χ0) is 11.0. The molecule has 2 aliphatic heterocycles. The lowest BCUT2D eigenvalue weighted by atomic mass is 9.89. The van der Waals surface area contributed by atoms with E-state index in [-0.39, 0.29) is 30.3 Å². The molecule has 1 amide bonds. The Morgan fingerprint density at radius 2 is 2.20 bits per heavy atom. The number of hydrogen-bond donors (Lipinski definition) is 1. The van der Waals surface area contributed by atoms with Crippen LogP contribution in [0, 0.1) is 18.3 Å². The third-order valence-electron chi connectivity index (χ3n) is 3.40. The van der Waals surface area contributed by atoms with Crippen molar-refractivity contribution in [2.45, 2.75) is 37.8 Å². The molecule has 3 atom stereocenters. The topological polar surface area (TPSA) is 57.6 Å². The molecule has 0 aromatic carbocycles. The lowest BCUT2D eigenvalue weighted by molar-refractivity contribution is -0.143. The first-order valence-corrected chi connectivity index (χ1v) is 5.12. The van der Waals surface area contributed by atoms with Gasteiger partial charge in [-0.2, -0.15) is 0 Å². The van der Waals surface area contributed by atoms with Crippen LogP contribution in [0.3, 0.4) is 0 Å². The summed E-state index contributed by atoms with van der Waals surface area (Å²) in [7, 11) is 0. The summed E-state index contributed by atoms with van der Waals surface area (Å²) in [6.07, 6.45) is 7.49. The van der Waals surface area contributed by atoms with Crippen LogP contribution in [0.2, 0.25) is 0 Å². The molecule has 2 fully saturated rings. The van der Waals surface area contributed by atoms with E-state index in [1.165, 1.54) is 0 Å². The summed E-state index contributed by atoms with van der Waals surface area (Å²) in [5.74, 6) is 1.05. The van der Waals surface area contributed by atoms with E-state index in [4.69, 9.17) is 11.5 Å². The normalized spacial score (nSPS) is 32.7. The second-order valence-corrected chi connectivity index (χ2v) is 4.16. The first kappa shape index (κ1) is 10.0. The van der Waals surface area contributed by atoms with Crippen LogP contribution >= 0.6 is 0 Å². The van der Waals surface area contributed by atoms with Crippen molar-refractivity contribution in [1.82, 2.24) is 4.90 Å². The summed E-state index contributed by atoms with van der Waals surface area (Å²) >= 11 is 0. The van der Waals surface area contributed by atoms with Gasteiger partial charge in [0.05, 0.1) is 12.3 Å². The van der Waals surface area contributed by atoms with E-state index in [1.54, 1.807) is 4.90 Å². The van der Waals surface area contributed by atoms with Gasteiger partial charge in [-0.1, -0.05) is 5.92 Å². The molecule has 0 spiro atoms. The van der Waals surface area contributed by atoms with Gasteiger partial charge in [-0.3, -0.25) is 9.59 Å². The fraction of sp³-hybridized carbons (Fsp3) is 0.636. The van der Waals surface area contributed by atoms with E-state index in [2.05, 4.69) is 5.92 Å². The molecule has 3 unspecified atom stereocenters. The maximum Gasteiger partial charge on any atom is 0.308 e. The van der Waals surface area contributed by atoms with E-state index in [1.807, 2.05) is 0 Å². The van der Waals surface area contributed by atoms with Gasteiger partial charge in [-0.25, -0.2) is 0 Å². The zero-order valence-corrected chi connectivity index (χ0v) is 8.35. The number of terminal acetylenes is 1. The lowest BCUT2D eigenvalue weighted by Crippen LogP contribution is -2.37. The fourth-order valence-electron chi connectivity index (χ4n) is 2.82. The smallest absolute Gasteiger partial charge is 0.308 e. The summed E-state index contributed by atoms with van der Waals surface area (Å²) in [4.78, 5) is 24.3. The lowest BCUT2D eigenvalue weighted by Gasteiger charge is -2.22. The van der Waals surface area contributed by atoms with Gasteiger partial charge in [-0.15, -0.1) is 6.42 Å². The maximum absolute atomic E-state index is 11.7. The molecule has 15 heavy (non-hydrogen) atoms. The minimum Gasteiger partial charge on any atom is -0.481 e. The molecule has 4 heteroatoms. The molecule has 0 aromatic rings. The number of amides is 1. The molecule has 0 radical (unpaired) electrons. The Bertz CT molecular complexity index is 344. The van der Waals surface area contributed by atoms with Gasteiger partial charge in [-0.05, 0) is 19.3 Å². The Balaban J connectivity index is 2.13. The van der Waals surface area contributed by atoms with Crippen LogP contribution in [-0.4, -0.2) is 34.0 Å². The molecule has 0 aromatic heterocycles. The Hall–Kier alpha value is -1.50. The molecule has 2 bridgehead atoms. The van der Waals surface area contributed by atoms with Gasteiger partial charge >= 0.3 is 5.97 Å². The van der Waals surface area contributed by atoms with E-state index in [9.17, 15) is 9.59 Å². The first-order chi connectivity index (χ1) is 7.15. The van der Waals surface area contributed by atoms with Gasteiger partial charge < -0.3 is 10.0 Å². The standard InChI is InChI=1S/C11H13NO3/c1-2-3-10(13)12-7-4-5-9(12)8(6-7)11(14)15/h1,7-9H,3-6H2,(H,14,15). The summed E-state index contributed by atoms with van der Waals surface area (Å²) in [5.41, 5.74) is 0. The van der Waals surface area contributed by atoms with Crippen LogP contribution in [-0.2, 0) is 9.59 Å². The van der Waals surface area contributed by atoms with Crippen LogP contribution in [0.5, 0.6) is 0 Å². The fourth-order valence-corrected chi connectivity index (χ4v) is 2.82. The molecule has 2 rings (SSSR count). The van der Waals surface area contributed by atoms with Gasteiger partial charge in [0.15, 0.2) is 0 Å². The summed E-state index contributed by atoms with van der Waals surface area (Å²) in [6, 6.07) is -0.00898. The van der Waals surface area contributed by atoms with Crippen molar-refractivity contribution in [2.24, 2.45) is 5.92 Å². The molecule has 0 aliphatic carbocycles. The Morgan fingerprint density at radius 1 is 1.47 bits per heavy atom. The third kappa shape index (κ3) is 1.48. The Morgan fingerprint density at radius 3 is 2.73 bits per heavy atom. The van der Waals surface area contributed by atoms with Crippen molar-refractivity contribution >= 4 is 11.9 Å². The molecule has 2 saturated heterocycles. The molecular weight excluding hydrogens is 194 g/mol. The van der Waals surface area contributed by atoms with Gasteiger partial charge in [0.2, 0.25) is 5.91 Å². The highest BCUT2D eigenvalue weighted by Gasteiger charge is 2.50. The van der Waals surface area contributed by atoms with E-state index in [0.717, 1.165) is 12.8 Å². The highest BCUT2D eigenvalue weighted by molar-refractivity contribution is 5.82. The van der Waals surface area contributed by atoms with Gasteiger partial charge in [0.1, 0.15) is 0 Å². The maximum atomic E-state index is 11.7. The number of carbonyl (C=O) groups excluding carboxylic acids is 1. The summed E-state index contributed by atoms with van der Waals surface area (Å²) < 4.78 is 0. The van der Waals surface area contributed by atoms with Crippen LogP contribution in [0.1, 0.15) is 25.7 Å². The summed E-state index contributed by atoms with van der Waals surface area (Å²) in [6.45, 7) is 0. The van der Waals surface area contributed by atoms with Crippen LogP contribution < -0.4 is 0 Å². The summed E-state index contributed by atoms with van der Waals surface area (Å²) in [5, 5.41) is 8.99. The molecular formula is C11H13NO3. The van der Waals surface area contributed by atoms with Crippen LogP contribution in [0.25, 0.3) is 0 Å². The predicted molar refractivity (Wildman–Crippen MR) is 52.8 cm³/mol. The molecule has 2 aliphatic rings. The number of carboxylic acid groups (broad SMARTS) is 1. The second kappa shape index (κ2) is 3.58. The van der Waals surface area contributed by atoms with Gasteiger partial charge in [0.25, 0.3) is 0 Å². The molecule has 1 N–H and O–H groups in total. The highest BCUT2D eigenvalue weighted by atomic mass is 16.4. The molecule has 80 valence electrons. The molecule has 0 saturated carbocycles. The minimum atomic E-state index is -0.791. The number of rotatable bonds is 2. The van der Waals surface area contributed by atoms with Crippen molar-refractivity contribution in [1.29, 1.82) is 0 Å². The SMILES string of the molecule is C#CCC(=O)N1C2CCC1C(C(=O)O)C2. The number of carboxylic acids is 1. The van der Waals surface area contributed by atoms with E-state index >= 15 is 0 Å². The van der Waals surface area contributed by atoms with Crippen molar-refractivity contribution in [3.8, 4) is 12.3 Å². The molecule has 4 nitrogen and oxygen atoms in total. The second-order valence-electron chi connectivity index (χ2n) is 4.16. The minimum absolute atomic E-state index is 0.0827. The third-order valence-corrected chi connectivity index (χ3v) is 3.40. The van der Waals surface area contributed by atoms with E-state index in [0.29, 0.717) is 6.42 Å². The van der Waals surface area contributed by atoms with Crippen LogP contribution in [0.4, 0.5) is 0 Å². The van der Waals surface area contributed by atoms with Crippen molar-refractivity contribution in [2.75, 3.05) is 0 Å². The first-order valence-electron chi connectivity index (χ1n) is 5.12. The zero-order valence-electron chi connectivity index (χ0n) is 8.35. The van der Waals surface area contributed by atoms with Gasteiger partial charge in [0, 0.05) is 12.1 Å². The van der Waals surface area contributed by atoms with Crippen molar-refractivity contribution in [3.63, 3.8) is 0 Å². The average Bonchev–Trinajstić information content (AvgIpc) is 2.74. The molecule has 2 heterocycles. The Labute approximate surface area is 88.3 Å². The van der Waals surface area contributed by atoms with Crippen LogP contribution in [0.15, 0.2) is 0 Å². The number of hydrogen-bond acceptors (Lipinski definition) is 2. The number of fused-ring (bicyclic) bond motifs is 2.